The third-order valence-corrected chi connectivity index (χ3v) is 9.37. The van der Waals surface area contributed by atoms with Crippen LogP contribution in [0.2, 0.25) is 0 Å². The molecule has 1 aliphatic rings. The largest absolute Gasteiger partial charge is 0.481 e. The molecule has 0 saturated heterocycles. The van der Waals surface area contributed by atoms with Crippen molar-refractivity contribution in [3.05, 3.63) is 101 Å². The molecular formula is C38H40F2N4O5. The molecule has 2 aromatic heterocycles. The van der Waals surface area contributed by atoms with Gasteiger partial charge in [-0.2, -0.15) is 0 Å². The topological polar surface area (TPSA) is 121 Å². The molecule has 1 amide bonds. The van der Waals surface area contributed by atoms with Gasteiger partial charge in [-0.1, -0.05) is 24.3 Å². The molecule has 5 aromatic rings. The minimum absolute atomic E-state index is 0.0000387. The zero-order valence-electron chi connectivity index (χ0n) is 28.0. The number of carboxylic acid groups (broad SMARTS) is 1. The van der Waals surface area contributed by atoms with E-state index in [-0.39, 0.29) is 48.1 Å². The van der Waals surface area contributed by atoms with Gasteiger partial charge in [0, 0.05) is 79.1 Å². The smallest absolute Gasteiger partial charge is 0.303 e. The Morgan fingerprint density at radius 2 is 1.88 bits per heavy atom. The number of benzene rings is 3. The van der Waals surface area contributed by atoms with Gasteiger partial charge in [0.15, 0.2) is 11.6 Å². The summed E-state index contributed by atoms with van der Waals surface area (Å²) in [5.41, 5.74) is 2.30. The van der Waals surface area contributed by atoms with Gasteiger partial charge in [0.25, 0.3) is 0 Å². The van der Waals surface area contributed by atoms with Crippen LogP contribution in [0.5, 0.6) is 11.5 Å². The number of carbonyl (C=O) groups excluding carboxylic acids is 1. The lowest BCUT2D eigenvalue weighted by molar-refractivity contribution is -0.137. The minimum Gasteiger partial charge on any atom is -0.481 e. The highest BCUT2D eigenvalue weighted by molar-refractivity contribution is 5.86. The quantitative estimate of drug-likeness (QED) is 0.182. The van der Waals surface area contributed by atoms with E-state index < -0.39 is 28.6 Å². The Kier molecular flexibility index (Phi) is 9.30. The summed E-state index contributed by atoms with van der Waals surface area (Å²) in [7, 11) is 1.73. The third-order valence-electron chi connectivity index (χ3n) is 9.37. The van der Waals surface area contributed by atoms with Crippen LogP contribution >= 0.6 is 0 Å². The van der Waals surface area contributed by atoms with Crippen LogP contribution in [0.4, 0.5) is 8.78 Å². The Morgan fingerprint density at radius 1 is 1.06 bits per heavy atom. The van der Waals surface area contributed by atoms with E-state index in [9.17, 15) is 14.7 Å². The van der Waals surface area contributed by atoms with Crippen LogP contribution in [0.1, 0.15) is 62.4 Å². The summed E-state index contributed by atoms with van der Waals surface area (Å²) >= 11 is 0. The van der Waals surface area contributed by atoms with Crippen molar-refractivity contribution in [3.63, 3.8) is 0 Å². The van der Waals surface area contributed by atoms with Gasteiger partial charge in [0.05, 0.1) is 11.2 Å². The van der Waals surface area contributed by atoms with Gasteiger partial charge in [-0.3, -0.25) is 9.59 Å². The molecule has 9 nitrogen and oxygen atoms in total. The molecule has 3 heterocycles. The summed E-state index contributed by atoms with van der Waals surface area (Å²) in [5, 5.41) is 9.99. The van der Waals surface area contributed by atoms with Gasteiger partial charge in [0.1, 0.15) is 17.4 Å². The van der Waals surface area contributed by atoms with Gasteiger partial charge < -0.3 is 29.4 Å². The second-order valence-electron chi connectivity index (χ2n) is 13.5. The van der Waals surface area contributed by atoms with Crippen molar-refractivity contribution >= 4 is 22.8 Å². The first-order valence-electron chi connectivity index (χ1n) is 16.3. The average Bonchev–Trinajstić information content (AvgIpc) is 3.74. The number of H-pyrrole nitrogens is 2. The van der Waals surface area contributed by atoms with Crippen LogP contribution in [0, 0.1) is 11.6 Å². The third kappa shape index (κ3) is 7.22. The number of nitrogens with zero attached hydrogens (tertiary/aromatic N) is 2. The molecule has 256 valence electrons. The number of hydrogen-bond donors (Lipinski definition) is 3. The zero-order valence-corrected chi connectivity index (χ0v) is 28.0. The molecule has 0 spiro atoms. The van der Waals surface area contributed by atoms with Gasteiger partial charge >= 0.3 is 5.97 Å². The van der Waals surface area contributed by atoms with E-state index in [1.54, 1.807) is 24.3 Å². The number of carbonyl (C=O) groups is 2. The summed E-state index contributed by atoms with van der Waals surface area (Å²) in [5.74, 6) is -1.73. The normalized spacial score (nSPS) is 18.7. The van der Waals surface area contributed by atoms with Crippen LogP contribution < -0.4 is 4.74 Å². The van der Waals surface area contributed by atoms with Gasteiger partial charge in [-0.05, 0) is 75.4 Å². The maximum atomic E-state index is 15.6. The number of likely N-dealkylation sites (N-methyl/N-ethyl adjacent to an activating group) is 1. The number of nitrogens with one attached hydrogen (secondary N) is 2. The summed E-state index contributed by atoms with van der Waals surface area (Å²) < 4.78 is 43.6. The summed E-state index contributed by atoms with van der Waals surface area (Å²) in [6, 6.07) is 15.1. The number of amides is 1. The molecular weight excluding hydrogens is 630 g/mol. The van der Waals surface area contributed by atoms with E-state index in [0.717, 1.165) is 16.5 Å². The number of rotatable bonds is 4. The molecule has 0 fully saturated rings. The van der Waals surface area contributed by atoms with Crippen molar-refractivity contribution in [2.45, 2.75) is 63.9 Å². The highest BCUT2D eigenvalue weighted by atomic mass is 19.1. The van der Waals surface area contributed by atoms with E-state index >= 15 is 8.78 Å². The van der Waals surface area contributed by atoms with Gasteiger partial charge in [-0.25, -0.2) is 13.8 Å². The zero-order chi connectivity index (χ0) is 34.9. The number of hydrogen-bond acceptors (Lipinski definition) is 5. The van der Waals surface area contributed by atoms with Crippen molar-refractivity contribution in [1.29, 1.82) is 0 Å². The summed E-state index contributed by atoms with van der Waals surface area (Å²) in [6.07, 6.45) is 4.55. The second-order valence-corrected chi connectivity index (χ2v) is 13.5. The molecule has 1 atom stereocenters. The van der Waals surface area contributed by atoms with Crippen molar-refractivity contribution < 1.29 is 33.0 Å². The fraction of sp³-hybridized carbons (Fsp3) is 0.342. The first-order valence-corrected chi connectivity index (χ1v) is 16.3. The molecule has 0 radical (unpaired) electrons. The maximum Gasteiger partial charge on any atom is 0.303 e. The Labute approximate surface area is 283 Å². The van der Waals surface area contributed by atoms with Crippen LogP contribution in [0.25, 0.3) is 22.3 Å². The van der Waals surface area contributed by atoms with E-state index in [1.165, 1.54) is 24.3 Å². The van der Waals surface area contributed by atoms with Crippen molar-refractivity contribution in [2.75, 3.05) is 20.2 Å². The lowest BCUT2D eigenvalue weighted by Crippen LogP contribution is -2.42. The van der Waals surface area contributed by atoms with Gasteiger partial charge in [-0.15, -0.1) is 0 Å². The van der Waals surface area contributed by atoms with Crippen molar-refractivity contribution in [3.8, 4) is 22.9 Å². The average molecular weight is 671 g/mol. The summed E-state index contributed by atoms with van der Waals surface area (Å²) in [6.45, 7) is 6.52. The van der Waals surface area contributed by atoms with E-state index in [2.05, 4.69) is 15.0 Å². The Balaban J connectivity index is 1.45. The minimum atomic E-state index is -0.877. The molecule has 3 N–H and O–H groups in total. The number of aromatic amines is 2. The van der Waals surface area contributed by atoms with Crippen LogP contribution in [0.15, 0.2) is 67.0 Å². The van der Waals surface area contributed by atoms with Crippen molar-refractivity contribution in [1.82, 2.24) is 19.9 Å². The van der Waals surface area contributed by atoms with Crippen LogP contribution in [-0.2, 0) is 32.6 Å². The number of aryl methyl sites for hydroxylation is 2. The first kappa shape index (κ1) is 33.9. The fourth-order valence-corrected chi connectivity index (χ4v) is 6.60. The number of imidazole rings is 1. The van der Waals surface area contributed by atoms with Gasteiger partial charge in [0.2, 0.25) is 5.91 Å². The predicted octanol–water partition coefficient (Wildman–Crippen LogP) is 7.54. The highest BCUT2D eigenvalue weighted by Gasteiger charge is 2.33. The van der Waals surface area contributed by atoms with Crippen LogP contribution in [-0.4, -0.2) is 62.6 Å². The molecule has 0 aliphatic carbocycles. The summed E-state index contributed by atoms with van der Waals surface area (Å²) in [4.78, 5) is 37.3. The monoisotopic (exact) mass is 670 g/mol. The molecule has 49 heavy (non-hydrogen) atoms. The number of fused-ring (bicyclic) bond motifs is 8. The SMILES string of the molecule is CN1CC(C)(C)OCCC(C)(c2cccc(CCC(=O)O)c2)c2cnc([nH]2)-c2cc(ccc2F)Oc2c(F)cc3[nH]ccc3c2CCC1=O. The van der Waals surface area contributed by atoms with Crippen molar-refractivity contribution in [2.24, 2.45) is 0 Å². The lowest BCUT2D eigenvalue weighted by Gasteiger charge is -2.34. The Hall–Kier alpha value is -5.03. The number of ether oxygens (including phenoxy) is 2. The molecule has 11 heteroatoms. The molecule has 4 bridgehead atoms. The number of aliphatic carboxylic acids is 1. The Morgan fingerprint density at radius 3 is 2.67 bits per heavy atom. The molecule has 1 unspecified atom stereocenters. The number of halogens is 2. The highest BCUT2D eigenvalue weighted by Crippen LogP contribution is 2.39. The van der Waals surface area contributed by atoms with Crippen LogP contribution in [0.3, 0.4) is 0 Å². The maximum absolute atomic E-state index is 15.6. The van der Waals surface area contributed by atoms with E-state index in [0.29, 0.717) is 42.8 Å². The van der Waals surface area contributed by atoms with E-state index in [4.69, 9.17) is 9.47 Å². The first-order chi connectivity index (χ1) is 23.3. The second kappa shape index (κ2) is 13.5. The molecule has 1 aliphatic heterocycles. The lowest BCUT2D eigenvalue weighted by atomic mass is 9.76. The molecule has 6 rings (SSSR count). The predicted molar refractivity (Wildman–Crippen MR) is 182 cm³/mol. The number of carboxylic acids is 1. The Bertz CT molecular complexity index is 2020. The molecule has 3 aromatic carbocycles. The standard InChI is InChI=1S/C38H40F2N4O5/c1-37(2)22-44(4)33(45)12-10-27-26-14-16-41-31(26)20-30(40)35(27)49-25-9-11-29(39)28(19-25)36-42-21-32(43-36)38(3,15-17-48-37)24-7-5-6-23(18-24)8-13-34(46)47/h5-7,9,11,14,16,18-21,41H,8,10,12-13,15,17,22H2,1-4H3,(H,42,43)(H,46,47). The molecule has 0 saturated carbocycles. The number of aromatic nitrogens is 3. The fourth-order valence-electron chi connectivity index (χ4n) is 6.60. The van der Waals surface area contributed by atoms with E-state index in [1.807, 2.05) is 51.1 Å².